The van der Waals surface area contributed by atoms with E-state index in [1.807, 2.05) is 0 Å². The Morgan fingerprint density at radius 2 is 1.94 bits per heavy atom. The van der Waals surface area contributed by atoms with Gasteiger partial charge in [0.15, 0.2) is 0 Å². The summed E-state index contributed by atoms with van der Waals surface area (Å²) in [5, 5.41) is 13.1. The van der Waals surface area contributed by atoms with E-state index >= 15 is 0 Å². The first kappa shape index (κ1) is 12.9. The van der Waals surface area contributed by atoms with Crippen molar-refractivity contribution < 1.29 is 9.90 Å². The van der Waals surface area contributed by atoms with Gasteiger partial charge in [-0.3, -0.25) is 10.1 Å². The maximum absolute atomic E-state index is 11.6. The normalized spacial score (nSPS) is 18.4. The lowest BCUT2D eigenvalue weighted by Crippen LogP contribution is -2.41. The number of amides is 1. The second-order valence-electron chi connectivity index (χ2n) is 4.90. The molecule has 98 valence electrons. The number of aromatic hydroxyl groups is 1. The third-order valence-electron chi connectivity index (χ3n) is 3.54. The third-order valence-corrected chi connectivity index (χ3v) is 3.54. The standard InChI is InChI=1S/C14H20N2O2/c15-14(18)13(11-8-4-5-9-12(11)17)16-10-6-2-1-3-7-10/h4-5,8-10,13,16-17H,1-3,6-7H2,(H2,15,18). The van der Waals surface area contributed by atoms with E-state index in [0.717, 1.165) is 12.8 Å². The van der Waals surface area contributed by atoms with Gasteiger partial charge in [0.05, 0.1) is 0 Å². The number of phenols is 1. The molecule has 1 aliphatic carbocycles. The monoisotopic (exact) mass is 248 g/mol. The van der Waals surface area contributed by atoms with Gasteiger partial charge in [0, 0.05) is 11.6 Å². The molecule has 0 bridgehead atoms. The van der Waals surface area contributed by atoms with Crippen molar-refractivity contribution in [3.8, 4) is 5.75 Å². The van der Waals surface area contributed by atoms with E-state index in [0.29, 0.717) is 11.6 Å². The fourth-order valence-corrected chi connectivity index (χ4v) is 2.56. The van der Waals surface area contributed by atoms with Crippen molar-refractivity contribution in [3.63, 3.8) is 0 Å². The first-order valence-corrected chi connectivity index (χ1v) is 6.51. The Bertz CT molecular complexity index is 414. The van der Waals surface area contributed by atoms with Crippen LogP contribution in [0.3, 0.4) is 0 Å². The van der Waals surface area contributed by atoms with Crippen LogP contribution >= 0.6 is 0 Å². The summed E-state index contributed by atoms with van der Waals surface area (Å²) < 4.78 is 0. The lowest BCUT2D eigenvalue weighted by atomic mass is 9.93. The summed E-state index contributed by atoms with van der Waals surface area (Å²) in [6, 6.07) is 6.56. The fraction of sp³-hybridized carbons (Fsp3) is 0.500. The van der Waals surface area contributed by atoms with E-state index in [1.165, 1.54) is 19.3 Å². The van der Waals surface area contributed by atoms with Crippen molar-refractivity contribution in [2.45, 2.75) is 44.2 Å². The number of nitrogens with two attached hydrogens (primary N) is 1. The largest absolute Gasteiger partial charge is 0.508 e. The van der Waals surface area contributed by atoms with Gasteiger partial charge in [-0.1, -0.05) is 37.5 Å². The summed E-state index contributed by atoms with van der Waals surface area (Å²) in [5.41, 5.74) is 6.01. The summed E-state index contributed by atoms with van der Waals surface area (Å²) in [7, 11) is 0. The molecule has 0 aliphatic heterocycles. The summed E-state index contributed by atoms with van der Waals surface area (Å²) in [6.07, 6.45) is 5.76. The Kier molecular flexibility index (Phi) is 4.20. The molecule has 1 saturated carbocycles. The molecule has 0 aromatic heterocycles. The highest BCUT2D eigenvalue weighted by Crippen LogP contribution is 2.26. The van der Waals surface area contributed by atoms with Crippen molar-refractivity contribution in [2.24, 2.45) is 5.73 Å². The Morgan fingerprint density at radius 1 is 1.28 bits per heavy atom. The van der Waals surface area contributed by atoms with Gasteiger partial charge in [-0.05, 0) is 18.9 Å². The number of phenolic OH excluding ortho intramolecular Hbond substituents is 1. The molecule has 4 N–H and O–H groups in total. The van der Waals surface area contributed by atoms with Crippen LogP contribution in [-0.4, -0.2) is 17.1 Å². The van der Waals surface area contributed by atoms with E-state index in [2.05, 4.69) is 5.32 Å². The van der Waals surface area contributed by atoms with Crippen molar-refractivity contribution in [3.05, 3.63) is 29.8 Å². The highest BCUT2D eigenvalue weighted by molar-refractivity contribution is 5.82. The number of primary amides is 1. The zero-order chi connectivity index (χ0) is 13.0. The molecule has 4 nitrogen and oxygen atoms in total. The Labute approximate surface area is 107 Å². The number of benzene rings is 1. The van der Waals surface area contributed by atoms with Crippen molar-refractivity contribution in [1.82, 2.24) is 5.32 Å². The summed E-state index contributed by atoms with van der Waals surface area (Å²) in [6.45, 7) is 0. The number of carbonyl (C=O) groups excluding carboxylic acids is 1. The molecule has 1 amide bonds. The van der Waals surface area contributed by atoms with Crippen LogP contribution in [-0.2, 0) is 4.79 Å². The number of hydrogen-bond acceptors (Lipinski definition) is 3. The molecule has 1 atom stereocenters. The zero-order valence-electron chi connectivity index (χ0n) is 10.4. The first-order chi connectivity index (χ1) is 8.68. The van der Waals surface area contributed by atoms with E-state index < -0.39 is 11.9 Å². The molecular formula is C14H20N2O2. The molecule has 4 heteroatoms. The first-order valence-electron chi connectivity index (χ1n) is 6.51. The van der Waals surface area contributed by atoms with Gasteiger partial charge in [0.1, 0.15) is 11.8 Å². The maximum atomic E-state index is 11.6. The molecule has 1 aromatic rings. The average molecular weight is 248 g/mol. The smallest absolute Gasteiger partial charge is 0.239 e. The molecule has 0 radical (unpaired) electrons. The second kappa shape index (κ2) is 5.87. The summed E-state index contributed by atoms with van der Waals surface area (Å²) >= 11 is 0. The van der Waals surface area contributed by atoms with Crippen LogP contribution < -0.4 is 11.1 Å². The summed E-state index contributed by atoms with van der Waals surface area (Å²) in [4.78, 5) is 11.6. The van der Waals surface area contributed by atoms with E-state index in [-0.39, 0.29) is 5.75 Å². The van der Waals surface area contributed by atoms with Crippen LogP contribution in [0, 0.1) is 0 Å². The predicted molar refractivity (Wildman–Crippen MR) is 70.1 cm³/mol. The van der Waals surface area contributed by atoms with Crippen LogP contribution in [0.2, 0.25) is 0 Å². The van der Waals surface area contributed by atoms with Gasteiger partial charge in [0.2, 0.25) is 5.91 Å². The van der Waals surface area contributed by atoms with Crippen LogP contribution in [0.15, 0.2) is 24.3 Å². The number of nitrogens with one attached hydrogen (secondary N) is 1. The van der Waals surface area contributed by atoms with Crippen LogP contribution in [0.1, 0.15) is 43.7 Å². The average Bonchev–Trinajstić information content (AvgIpc) is 2.38. The second-order valence-corrected chi connectivity index (χ2v) is 4.90. The molecule has 2 rings (SSSR count). The third kappa shape index (κ3) is 3.01. The SMILES string of the molecule is NC(=O)C(NC1CCCCC1)c1ccccc1O. The lowest BCUT2D eigenvalue weighted by Gasteiger charge is -2.27. The maximum Gasteiger partial charge on any atom is 0.239 e. The Morgan fingerprint density at radius 3 is 2.56 bits per heavy atom. The molecule has 0 saturated heterocycles. The topological polar surface area (TPSA) is 75.4 Å². The van der Waals surface area contributed by atoms with Crippen molar-refractivity contribution >= 4 is 5.91 Å². The molecule has 18 heavy (non-hydrogen) atoms. The molecule has 1 aromatic carbocycles. The van der Waals surface area contributed by atoms with Gasteiger partial charge in [-0.2, -0.15) is 0 Å². The molecular weight excluding hydrogens is 228 g/mol. The van der Waals surface area contributed by atoms with Crippen LogP contribution in [0.4, 0.5) is 0 Å². The lowest BCUT2D eigenvalue weighted by molar-refractivity contribution is -0.120. The van der Waals surface area contributed by atoms with Gasteiger partial charge >= 0.3 is 0 Å². The van der Waals surface area contributed by atoms with Crippen LogP contribution in [0.25, 0.3) is 0 Å². The predicted octanol–water partition coefficient (Wildman–Crippen LogP) is 1.84. The Balaban J connectivity index is 2.13. The number of carbonyl (C=O) groups is 1. The van der Waals surface area contributed by atoms with Gasteiger partial charge in [0.25, 0.3) is 0 Å². The van der Waals surface area contributed by atoms with E-state index in [1.54, 1.807) is 24.3 Å². The van der Waals surface area contributed by atoms with Crippen LogP contribution in [0.5, 0.6) is 5.75 Å². The fourth-order valence-electron chi connectivity index (χ4n) is 2.56. The van der Waals surface area contributed by atoms with Gasteiger partial charge in [-0.15, -0.1) is 0 Å². The number of rotatable bonds is 4. The quantitative estimate of drug-likeness (QED) is 0.761. The highest BCUT2D eigenvalue weighted by Gasteiger charge is 2.24. The van der Waals surface area contributed by atoms with E-state index in [9.17, 15) is 9.90 Å². The van der Waals surface area contributed by atoms with Gasteiger partial charge < -0.3 is 10.8 Å². The molecule has 0 spiro atoms. The zero-order valence-corrected chi connectivity index (χ0v) is 10.4. The minimum atomic E-state index is -0.603. The summed E-state index contributed by atoms with van der Waals surface area (Å²) in [5.74, 6) is -0.327. The van der Waals surface area contributed by atoms with E-state index in [4.69, 9.17) is 5.73 Å². The molecule has 1 fully saturated rings. The number of para-hydroxylation sites is 1. The molecule has 1 unspecified atom stereocenters. The van der Waals surface area contributed by atoms with Crippen molar-refractivity contribution in [2.75, 3.05) is 0 Å². The minimum absolute atomic E-state index is 0.115. The van der Waals surface area contributed by atoms with Crippen molar-refractivity contribution in [1.29, 1.82) is 0 Å². The van der Waals surface area contributed by atoms with Gasteiger partial charge in [-0.25, -0.2) is 0 Å². The molecule has 0 heterocycles. The highest BCUT2D eigenvalue weighted by atomic mass is 16.3. The minimum Gasteiger partial charge on any atom is -0.508 e. The Hall–Kier alpha value is -1.55. The molecule has 1 aliphatic rings. The number of hydrogen-bond donors (Lipinski definition) is 3.